The zero-order valence-electron chi connectivity index (χ0n) is 17.2. The molecule has 32 heavy (non-hydrogen) atoms. The van der Waals surface area contributed by atoms with Crippen LogP contribution in [0.2, 0.25) is 5.02 Å². The number of benzene rings is 2. The molecule has 0 saturated carbocycles. The summed E-state index contributed by atoms with van der Waals surface area (Å²) in [4.78, 5) is 27.5. The highest BCUT2D eigenvalue weighted by atomic mass is 35.5. The van der Waals surface area contributed by atoms with E-state index in [1.54, 1.807) is 49.4 Å². The van der Waals surface area contributed by atoms with Crippen molar-refractivity contribution in [1.29, 1.82) is 0 Å². The van der Waals surface area contributed by atoms with Crippen LogP contribution >= 0.6 is 22.9 Å². The third kappa shape index (κ3) is 3.36. The lowest BCUT2D eigenvalue weighted by molar-refractivity contribution is -0.132. The van der Waals surface area contributed by atoms with Gasteiger partial charge in [-0.25, -0.2) is 0 Å². The average molecular weight is 468 g/mol. The summed E-state index contributed by atoms with van der Waals surface area (Å²) in [5.41, 5.74) is 1.95. The fourth-order valence-corrected chi connectivity index (χ4v) is 5.04. The van der Waals surface area contributed by atoms with Crippen molar-refractivity contribution in [2.45, 2.75) is 32.4 Å². The highest BCUT2D eigenvalue weighted by Crippen LogP contribution is 2.44. The van der Waals surface area contributed by atoms with Crippen molar-refractivity contribution in [3.8, 4) is 5.75 Å². The van der Waals surface area contributed by atoms with E-state index in [9.17, 15) is 14.7 Å². The number of hydrogen-bond donors (Lipinski definition) is 1. The molecule has 1 saturated heterocycles. The van der Waals surface area contributed by atoms with E-state index in [0.29, 0.717) is 27.6 Å². The summed E-state index contributed by atoms with van der Waals surface area (Å²) in [5, 5.41) is 20.7. The fourth-order valence-electron chi connectivity index (χ4n) is 4.13. The lowest BCUT2D eigenvalue weighted by Gasteiger charge is -2.22. The molecule has 2 atom stereocenters. The van der Waals surface area contributed by atoms with E-state index in [1.807, 2.05) is 6.92 Å². The van der Waals surface area contributed by atoms with Crippen LogP contribution in [0.25, 0.3) is 5.76 Å². The molecule has 3 heterocycles. The van der Waals surface area contributed by atoms with Gasteiger partial charge < -0.3 is 9.84 Å². The largest absolute Gasteiger partial charge is 0.507 e. The smallest absolute Gasteiger partial charge is 0.301 e. The van der Waals surface area contributed by atoms with Crippen LogP contribution < -0.4 is 9.64 Å². The molecule has 1 fully saturated rings. The molecule has 3 aromatic rings. The summed E-state index contributed by atoms with van der Waals surface area (Å²) in [7, 11) is 0. The van der Waals surface area contributed by atoms with Gasteiger partial charge in [-0.05, 0) is 55.3 Å². The predicted octanol–water partition coefficient (Wildman–Crippen LogP) is 4.45. The number of fused-ring (bicyclic) bond motifs is 1. The Kier molecular flexibility index (Phi) is 4.98. The summed E-state index contributed by atoms with van der Waals surface area (Å²) < 4.78 is 5.73. The number of hydrogen-bond acceptors (Lipinski definition) is 7. The topological polar surface area (TPSA) is 92.6 Å². The Morgan fingerprint density at radius 2 is 2.03 bits per heavy atom. The van der Waals surface area contributed by atoms with Crippen molar-refractivity contribution in [3.63, 3.8) is 0 Å². The van der Waals surface area contributed by atoms with Gasteiger partial charge >= 0.3 is 5.91 Å². The minimum absolute atomic E-state index is 0.0166. The number of nitrogens with zero attached hydrogens (tertiary/aromatic N) is 3. The van der Waals surface area contributed by atoms with Crippen LogP contribution in [-0.4, -0.2) is 33.1 Å². The lowest BCUT2D eigenvalue weighted by Crippen LogP contribution is -2.29. The maximum absolute atomic E-state index is 13.2. The molecule has 0 spiro atoms. The molecule has 162 valence electrons. The maximum atomic E-state index is 13.2. The zero-order valence-corrected chi connectivity index (χ0v) is 18.8. The Hall–Kier alpha value is -3.23. The third-order valence-corrected chi connectivity index (χ3v) is 6.57. The fraction of sp³-hybridized carbons (Fsp3) is 0.217. The number of amides is 1. The Morgan fingerprint density at radius 3 is 2.75 bits per heavy atom. The van der Waals surface area contributed by atoms with Crippen molar-refractivity contribution in [3.05, 3.63) is 74.8 Å². The van der Waals surface area contributed by atoms with E-state index in [-0.39, 0.29) is 22.6 Å². The highest BCUT2D eigenvalue weighted by Gasteiger charge is 2.48. The molecule has 5 rings (SSSR count). The van der Waals surface area contributed by atoms with Crippen molar-refractivity contribution in [2.75, 3.05) is 4.90 Å². The number of carbonyl (C=O) groups excluding carboxylic acids is 2. The number of carbonyl (C=O) groups is 2. The normalized spacial score (nSPS) is 21.7. The number of aromatic nitrogens is 2. The van der Waals surface area contributed by atoms with Gasteiger partial charge in [0, 0.05) is 17.0 Å². The number of aryl methyl sites for hydroxylation is 1. The molecule has 7 nitrogen and oxygen atoms in total. The average Bonchev–Trinajstić information content (AvgIpc) is 3.42. The quantitative estimate of drug-likeness (QED) is 0.347. The molecular formula is C23H18ClN3O4S. The van der Waals surface area contributed by atoms with E-state index in [1.165, 1.54) is 16.2 Å². The molecule has 1 amide bonds. The molecule has 2 aromatic carbocycles. The SMILES string of the molecule is Cc1nnc(N2C(=O)C(=O)C(=C(O)c3ccc4c(c3)C[C@H](C)O4)[C@H]2c2cccc(Cl)c2)s1. The van der Waals surface area contributed by atoms with E-state index in [4.69, 9.17) is 16.3 Å². The number of rotatable bonds is 3. The molecule has 0 bridgehead atoms. The van der Waals surface area contributed by atoms with Crippen molar-refractivity contribution >= 4 is 45.5 Å². The van der Waals surface area contributed by atoms with Gasteiger partial charge in [0.2, 0.25) is 5.13 Å². The Morgan fingerprint density at radius 1 is 1.22 bits per heavy atom. The van der Waals surface area contributed by atoms with Crippen LogP contribution in [0.1, 0.15) is 34.7 Å². The number of ketones is 1. The standard InChI is InChI=1S/C23H18ClN3O4S/c1-11-8-15-9-14(6-7-17(15)31-11)20(28)18-19(13-4-3-5-16(24)10-13)27(22(30)21(18)29)23-26-25-12(2)32-23/h3-7,9-11,19,28H,8H2,1-2H3/t11-,19+/m0/s1. The molecule has 2 aliphatic heterocycles. The number of aliphatic hydroxyl groups is 1. The second-order valence-corrected chi connectivity index (χ2v) is 9.38. The van der Waals surface area contributed by atoms with Crippen LogP contribution in [0.5, 0.6) is 5.75 Å². The van der Waals surface area contributed by atoms with E-state index < -0.39 is 17.7 Å². The van der Waals surface area contributed by atoms with Crippen molar-refractivity contribution in [2.24, 2.45) is 0 Å². The van der Waals surface area contributed by atoms with Gasteiger partial charge in [-0.2, -0.15) is 0 Å². The predicted molar refractivity (Wildman–Crippen MR) is 121 cm³/mol. The molecule has 1 aromatic heterocycles. The number of halogens is 1. The van der Waals surface area contributed by atoms with Crippen LogP contribution in [0, 0.1) is 6.92 Å². The summed E-state index contributed by atoms with van der Waals surface area (Å²) >= 11 is 7.41. The second kappa shape index (κ2) is 7.72. The molecule has 0 unspecified atom stereocenters. The minimum atomic E-state index is -0.885. The van der Waals surface area contributed by atoms with Gasteiger partial charge in [0.05, 0.1) is 11.6 Å². The first kappa shape index (κ1) is 20.7. The van der Waals surface area contributed by atoms with E-state index in [2.05, 4.69) is 10.2 Å². The second-order valence-electron chi connectivity index (χ2n) is 7.78. The van der Waals surface area contributed by atoms with Gasteiger partial charge in [-0.1, -0.05) is 35.1 Å². The van der Waals surface area contributed by atoms with Crippen LogP contribution in [0.3, 0.4) is 0 Å². The van der Waals surface area contributed by atoms with Gasteiger partial charge in [-0.15, -0.1) is 10.2 Å². The summed E-state index contributed by atoms with van der Waals surface area (Å²) in [6, 6.07) is 11.2. The molecule has 1 N–H and O–H groups in total. The number of Topliss-reactive ketones (excluding diaryl/α,β-unsaturated/α-hetero) is 1. The van der Waals surface area contributed by atoms with E-state index in [0.717, 1.165) is 11.3 Å². The molecule has 2 aliphatic rings. The molecule has 9 heteroatoms. The summed E-state index contributed by atoms with van der Waals surface area (Å²) in [6.45, 7) is 3.73. The molecule has 0 aliphatic carbocycles. The zero-order chi connectivity index (χ0) is 22.6. The van der Waals surface area contributed by atoms with Crippen LogP contribution in [0.15, 0.2) is 48.0 Å². The number of aliphatic hydroxyl groups excluding tert-OH is 1. The summed E-state index contributed by atoms with van der Waals surface area (Å²) in [6.07, 6.45) is 0.743. The third-order valence-electron chi connectivity index (χ3n) is 5.50. The van der Waals surface area contributed by atoms with Gasteiger partial charge in [0.25, 0.3) is 5.78 Å². The summed E-state index contributed by atoms with van der Waals surface area (Å²) in [5.74, 6) is -1.05. The monoisotopic (exact) mass is 467 g/mol. The maximum Gasteiger partial charge on any atom is 0.301 e. The number of anilines is 1. The van der Waals surface area contributed by atoms with Crippen molar-refractivity contribution < 1.29 is 19.4 Å². The van der Waals surface area contributed by atoms with Gasteiger partial charge in [0.1, 0.15) is 22.6 Å². The lowest BCUT2D eigenvalue weighted by atomic mass is 9.94. The minimum Gasteiger partial charge on any atom is -0.507 e. The first-order valence-electron chi connectivity index (χ1n) is 10.00. The first-order valence-corrected chi connectivity index (χ1v) is 11.2. The highest BCUT2D eigenvalue weighted by molar-refractivity contribution is 7.15. The van der Waals surface area contributed by atoms with Crippen LogP contribution in [-0.2, 0) is 16.0 Å². The van der Waals surface area contributed by atoms with E-state index >= 15 is 0 Å². The molecular weight excluding hydrogens is 450 g/mol. The van der Waals surface area contributed by atoms with Gasteiger partial charge in [0.15, 0.2) is 0 Å². The number of ether oxygens (including phenoxy) is 1. The Bertz CT molecular complexity index is 1300. The van der Waals surface area contributed by atoms with Crippen LogP contribution in [0.4, 0.5) is 5.13 Å². The van der Waals surface area contributed by atoms with Crippen molar-refractivity contribution in [1.82, 2.24) is 10.2 Å². The first-order chi connectivity index (χ1) is 15.3. The Balaban J connectivity index is 1.69. The van der Waals surface area contributed by atoms with Gasteiger partial charge in [-0.3, -0.25) is 14.5 Å². The Labute approximate surface area is 192 Å². The molecule has 0 radical (unpaired) electrons.